The maximum Gasteiger partial charge on any atom is 0.259 e. The van der Waals surface area contributed by atoms with Crippen molar-refractivity contribution in [1.29, 1.82) is 0 Å². The Kier molecular flexibility index (Phi) is 3.15. The number of carbonyl (C=O) groups excluding carboxylic acids is 1. The van der Waals surface area contributed by atoms with Crippen LogP contribution in [0.4, 0.5) is 5.95 Å². The van der Waals surface area contributed by atoms with Gasteiger partial charge in [-0.05, 0) is 26.7 Å². The summed E-state index contributed by atoms with van der Waals surface area (Å²) in [6.07, 6.45) is 1.75. The number of carbonyl (C=O) groups is 1. The van der Waals surface area contributed by atoms with Crippen molar-refractivity contribution in [2.75, 3.05) is 12.3 Å². The van der Waals surface area contributed by atoms with E-state index in [-0.39, 0.29) is 11.9 Å². The number of likely N-dealkylation sites (tertiary alicyclic amines) is 1. The van der Waals surface area contributed by atoms with Gasteiger partial charge in [0.1, 0.15) is 11.3 Å². The average Bonchev–Trinajstić information content (AvgIpc) is 3.11. The molecular weight excluding hydrogens is 272 g/mol. The molecule has 8 heteroatoms. The van der Waals surface area contributed by atoms with Crippen LogP contribution in [0, 0.1) is 13.8 Å². The number of hydrogen-bond acceptors (Lipinski definition) is 6. The van der Waals surface area contributed by atoms with Gasteiger partial charge >= 0.3 is 0 Å². The van der Waals surface area contributed by atoms with Gasteiger partial charge in [-0.2, -0.15) is 10.1 Å². The van der Waals surface area contributed by atoms with Gasteiger partial charge in [-0.15, -0.1) is 0 Å². The highest BCUT2D eigenvalue weighted by Crippen LogP contribution is 2.32. The molecular formula is C13H18N6O2. The van der Waals surface area contributed by atoms with Crippen LogP contribution in [0.5, 0.6) is 0 Å². The minimum Gasteiger partial charge on any atom is -0.368 e. The monoisotopic (exact) mass is 290 g/mol. The minimum atomic E-state index is -0.144. The molecule has 0 radical (unpaired) electrons. The molecule has 2 N–H and O–H groups in total. The third-order valence-corrected chi connectivity index (χ3v) is 3.87. The second-order valence-corrected chi connectivity index (χ2v) is 5.31. The van der Waals surface area contributed by atoms with Gasteiger partial charge in [-0.3, -0.25) is 4.79 Å². The van der Waals surface area contributed by atoms with Gasteiger partial charge in [0, 0.05) is 13.6 Å². The van der Waals surface area contributed by atoms with Crippen molar-refractivity contribution in [3.63, 3.8) is 0 Å². The quantitative estimate of drug-likeness (QED) is 0.884. The normalized spacial score (nSPS) is 18.4. The molecule has 1 fully saturated rings. The Bertz CT molecular complexity index is 650. The van der Waals surface area contributed by atoms with E-state index in [0.717, 1.165) is 12.8 Å². The molecule has 3 rings (SSSR count). The zero-order valence-electron chi connectivity index (χ0n) is 12.3. The highest BCUT2D eigenvalue weighted by molar-refractivity contribution is 5.96. The van der Waals surface area contributed by atoms with Crippen molar-refractivity contribution in [3.8, 4) is 0 Å². The lowest BCUT2D eigenvalue weighted by molar-refractivity contribution is 0.0727. The Balaban J connectivity index is 1.92. The number of rotatable bonds is 2. The standard InChI is InChI=1S/C13H18N6O2/c1-7-10(8(2)21-17-7)12(20)19-6-4-5-9(19)11-15-13(14)18(3)16-11/h9H,4-6H2,1-3H3,(H2,14,15,16). The van der Waals surface area contributed by atoms with Crippen molar-refractivity contribution in [2.24, 2.45) is 7.05 Å². The minimum absolute atomic E-state index is 0.0835. The number of anilines is 1. The van der Waals surface area contributed by atoms with Crippen LogP contribution >= 0.6 is 0 Å². The molecule has 0 saturated carbocycles. The summed E-state index contributed by atoms with van der Waals surface area (Å²) in [5.41, 5.74) is 6.87. The summed E-state index contributed by atoms with van der Waals surface area (Å²) >= 11 is 0. The topological polar surface area (TPSA) is 103 Å². The maximum atomic E-state index is 12.8. The van der Waals surface area contributed by atoms with E-state index in [2.05, 4.69) is 15.2 Å². The Labute approximate surface area is 121 Å². The third-order valence-electron chi connectivity index (χ3n) is 3.87. The number of aromatic nitrogens is 4. The number of nitrogen functional groups attached to an aromatic ring is 1. The molecule has 0 aromatic carbocycles. The van der Waals surface area contributed by atoms with Crippen LogP contribution in [0.1, 0.15) is 46.5 Å². The lowest BCUT2D eigenvalue weighted by Gasteiger charge is -2.22. The van der Waals surface area contributed by atoms with E-state index >= 15 is 0 Å². The van der Waals surface area contributed by atoms with Gasteiger partial charge in [0.25, 0.3) is 5.91 Å². The predicted octanol–water partition coefficient (Wildman–Crippen LogP) is 0.979. The Hall–Kier alpha value is -2.38. The maximum absolute atomic E-state index is 12.8. The zero-order chi connectivity index (χ0) is 15.1. The molecule has 2 aromatic rings. The zero-order valence-corrected chi connectivity index (χ0v) is 12.3. The Morgan fingerprint density at radius 1 is 1.43 bits per heavy atom. The molecule has 3 heterocycles. The molecule has 21 heavy (non-hydrogen) atoms. The van der Waals surface area contributed by atoms with Crippen LogP contribution in [-0.4, -0.2) is 37.3 Å². The lowest BCUT2D eigenvalue weighted by atomic mass is 10.1. The fourth-order valence-electron chi connectivity index (χ4n) is 2.77. The molecule has 1 atom stereocenters. The second-order valence-electron chi connectivity index (χ2n) is 5.31. The van der Waals surface area contributed by atoms with Crippen molar-refractivity contribution in [3.05, 3.63) is 22.8 Å². The van der Waals surface area contributed by atoms with E-state index in [1.165, 1.54) is 4.68 Å². The van der Waals surface area contributed by atoms with Crippen LogP contribution in [0.3, 0.4) is 0 Å². The molecule has 2 aromatic heterocycles. The molecule has 1 amide bonds. The molecule has 0 aliphatic carbocycles. The van der Waals surface area contributed by atoms with Crippen LogP contribution in [0.2, 0.25) is 0 Å². The summed E-state index contributed by atoms with van der Waals surface area (Å²) in [5.74, 6) is 1.39. The van der Waals surface area contributed by atoms with Crippen molar-refractivity contribution < 1.29 is 9.32 Å². The molecule has 112 valence electrons. The molecule has 0 spiro atoms. The fraction of sp³-hybridized carbons (Fsp3) is 0.538. The summed E-state index contributed by atoms with van der Waals surface area (Å²) in [6.45, 7) is 4.19. The van der Waals surface area contributed by atoms with Gasteiger partial charge in [-0.25, -0.2) is 4.68 Å². The highest BCUT2D eigenvalue weighted by Gasteiger charge is 2.35. The van der Waals surface area contributed by atoms with Gasteiger partial charge in [0.15, 0.2) is 5.82 Å². The van der Waals surface area contributed by atoms with E-state index in [4.69, 9.17) is 10.3 Å². The summed E-state index contributed by atoms with van der Waals surface area (Å²) in [4.78, 5) is 18.8. The largest absolute Gasteiger partial charge is 0.368 e. The first-order valence-electron chi connectivity index (χ1n) is 6.89. The number of nitrogens with two attached hydrogens (primary N) is 1. The summed E-state index contributed by atoms with van der Waals surface area (Å²) in [7, 11) is 1.74. The first kappa shape index (κ1) is 13.6. The highest BCUT2D eigenvalue weighted by atomic mass is 16.5. The summed E-state index contributed by atoms with van der Waals surface area (Å²) in [5, 5.41) is 8.15. The molecule has 1 unspecified atom stereocenters. The summed E-state index contributed by atoms with van der Waals surface area (Å²) < 4.78 is 6.61. The SMILES string of the molecule is Cc1noc(C)c1C(=O)N1CCCC1c1nc(N)n(C)n1. The Morgan fingerprint density at radius 2 is 2.19 bits per heavy atom. The molecule has 0 bridgehead atoms. The summed E-state index contributed by atoms with van der Waals surface area (Å²) in [6, 6.07) is -0.144. The molecule has 1 aliphatic rings. The third kappa shape index (κ3) is 2.16. The van der Waals surface area contributed by atoms with Crippen molar-refractivity contribution in [1.82, 2.24) is 24.8 Å². The van der Waals surface area contributed by atoms with Crippen LogP contribution < -0.4 is 5.73 Å². The Morgan fingerprint density at radius 3 is 2.76 bits per heavy atom. The van der Waals surface area contributed by atoms with Crippen molar-refractivity contribution in [2.45, 2.75) is 32.7 Å². The molecule has 1 saturated heterocycles. The van der Waals surface area contributed by atoms with E-state index < -0.39 is 0 Å². The van der Waals surface area contributed by atoms with Gasteiger partial charge in [0.2, 0.25) is 5.95 Å². The van der Waals surface area contributed by atoms with Crippen LogP contribution in [-0.2, 0) is 7.05 Å². The average molecular weight is 290 g/mol. The smallest absolute Gasteiger partial charge is 0.259 e. The van der Waals surface area contributed by atoms with Crippen LogP contribution in [0.15, 0.2) is 4.52 Å². The number of amides is 1. The first-order chi connectivity index (χ1) is 9.99. The second kappa shape index (κ2) is 4.87. The van der Waals surface area contributed by atoms with Gasteiger partial charge < -0.3 is 15.2 Å². The number of aryl methyl sites for hydroxylation is 3. The molecule has 8 nitrogen and oxygen atoms in total. The van der Waals surface area contributed by atoms with Crippen molar-refractivity contribution >= 4 is 11.9 Å². The first-order valence-corrected chi connectivity index (χ1v) is 6.89. The lowest BCUT2D eigenvalue weighted by Crippen LogP contribution is -2.31. The van der Waals surface area contributed by atoms with E-state index in [1.54, 1.807) is 25.8 Å². The molecule has 1 aliphatic heterocycles. The van der Waals surface area contributed by atoms with Crippen LogP contribution in [0.25, 0.3) is 0 Å². The van der Waals surface area contributed by atoms with E-state index in [0.29, 0.717) is 35.3 Å². The fourth-order valence-corrected chi connectivity index (χ4v) is 2.77. The number of hydrogen-bond donors (Lipinski definition) is 1. The van der Waals surface area contributed by atoms with E-state index in [9.17, 15) is 4.79 Å². The predicted molar refractivity (Wildman–Crippen MR) is 74.4 cm³/mol. The number of nitrogens with zero attached hydrogens (tertiary/aromatic N) is 5. The van der Waals surface area contributed by atoms with Gasteiger partial charge in [0.05, 0.1) is 11.7 Å². The van der Waals surface area contributed by atoms with E-state index in [1.807, 2.05) is 0 Å². The van der Waals surface area contributed by atoms with Gasteiger partial charge in [-0.1, -0.05) is 5.16 Å².